The molecular weight excluding hydrogens is 333 g/mol. The molecule has 0 saturated carbocycles. The molecule has 0 aliphatic heterocycles. The van der Waals surface area contributed by atoms with E-state index in [1.54, 1.807) is 25.2 Å². The fourth-order valence-corrected chi connectivity index (χ4v) is 2.50. The number of carbonyl (C=O) groups is 1. The number of hydrogen-bond donors (Lipinski definition) is 1. The minimum absolute atomic E-state index is 0.0559. The van der Waals surface area contributed by atoms with Gasteiger partial charge in [-0.15, -0.1) is 0 Å². The number of halogens is 3. The fourth-order valence-electron chi connectivity index (χ4n) is 2.50. The molecule has 0 radical (unpaired) electrons. The summed E-state index contributed by atoms with van der Waals surface area (Å²) in [6.45, 7) is 0. The van der Waals surface area contributed by atoms with Gasteiger partial charge in [-0.1, -0.05) is 6.07 Å². The highest BCUT2D eigenvalue weighted by molar-refractivity contribution is 6.06. The first kappa shape index (κ1) is 16.8. The highest BCUT2D eigenvalue weighted by Crippen LogP contribution is 2.30. The summed E-state index contributed by atoms with van der Waals surface area (Å²) in [6, 6.07) is 12.1. The molecule has 4 nitrogen and oxygen atoms in total. The monoisotopic (exact) mass is 346 g/mol. The second-order valence-corrected chi connectivity index (χ2v) is 5.54. The number of pyridine rings is 1. The number of amides is 1. The smallest absolute Gasteiger partial charge is 0.322 e. The Kier molecular flexibility index (Phi) is 4.08. The van der Waals surface area contributed by atoms with E-state index in [-0.39, 0.29) is 16.8 Å². The lowest BCUT2D eigenvalue weighted by Gasteiger charge is -2.10. The molecule has 3 aromatic rings. The van der Waals surface area contributed by atoms with E-state index in [9.17, 15) is 22.8 Å². The number of anilines is 1. The van der Waals surface area contributed by atoms with Crippen molar-refractivity contribution in [1.29, 1.82) is 0 Å². The normalized spacial score (nSPS) is 11.5. The van der Waals surface area contributed by atoms with Gasteiger partial charge in [-0.2, -0.15) is 13.2 Å². The lowest BCUT2D eigenvalue weighted by Crippen LogP contribution is -2.16. The van der Waals surface area contributed by atoms with E-state index >= 15 is 0 Å². The number of alkyl halides is 3. The van der Waals surface area contributed by atoms with Crippen LogP contribution in [0.25, 0.3) is 10.9 Å². The summed E-state index contributed by atoms with van der Waals surface area (Å²) in [5, 5.41) is 3.13. The summed E-state index contributed by atoms with van der Waals surface area (Å²) in [6.07, 6.45) is -4.48. The third-order valence-electron chi connectivity index (χ3n) is 3.83. The van der Waals surface area contributed by atoms with Gasteiger partial charge in [0, 0.05) is 24.4 Å². The van der Waals surface area contributed by atoms with Crippen LogP contribution in [0, 0.1) is 0 Å². The number of carbonyl (C=O) groups excluding carboxylic acids is 1. The third-order valence-corrected chi connectivity index (χ3v) is 3.83. The third kappa shape index (κ3) is 3.40. The molecule has 1 amide bonds. The van der Waals surface area contributed by atoms with Crippen molar-refractivity contribution < 1.29 is 18.0 Å². The molecule has 2 aromatic carbocycles. The molecule has 0 atom stereocenters. The molecule has 7 heteroatoms. The van der Waals surface area contributed by atoms with Gasteiger partial charge in [0.25, 0.3) is 11.5 Å². The van der Waals surface area contributed by atoms with Crippen molar-refractivity contribution in [2.24, 2.45) is 7.05 Å². The van der Waals surface area contributed by atoms with Gasteiger partial charge in [0.1, 0.15) is 0 Å². The highest BCUT2D eigenvalue weighted by Gasteiger charge is 2.30. The molecule has 1 N–H and O–H groups in total. The summed E-state index contributed by atoms with van der Waals surface area (Å²) < 4.78 is 39.6. The second kappa shape index (κ2) is 6.08. The van der Waals surface area contributed by atoms with Crippen molar-refractivity contribution in [3.05, 3.63) is 76.1 Å². The molecule has 0 aliphatic carbocycles. The van der Waals surface area contributed by atoms with Crippen LogP contribution in [-0.2, 0) is 13.2 Å². The Morgan fingerprint density at radius 2 is 1.80 bits per heavy atom. The van der Waals surface area contributed by atoms with Gasteiger partial charge in [0.2, 0.25) is 0 Å². The van der Waals surface area contributed by atoms with Crippen molar-refractivity contribution in [2.45, 2.75) is 6.18 Å². The van der Waals surface area contributed by atoms with Crippen LogP contribution in [0.1, 0.15) is 15.9 Å². The molecule has 0 aliphatic rings. The summed E-state index contributed by atoms with van der Waals surface area (Å²) in [5.74, 6) is -0.532. The van der Waals surface area contributed by atoms with Crippen LogP contribution in [0.15, 0.2) is 59.4 Å². The summed E-state index contributed by atoms with van der Waals surface area (Å²) >= 11 is 0. The summed E-state index contributed by atoms with van der Waals surface area (Å²) in [4.78, 5) is 23.9. The van der Waals surface area contributed by atoms with Crippen molar-refractivity contribution >= 4 is 22.5 Å². The number of hydrogen-bond acceptors (Lipinski definition) is 2. The lowest BCUT2D eigenvalue weighted by molar-refractivity contribution is -0.137. The molecule has 0 fully saturated rings. The van der Waals surface area contributed by atoms with Gasteiger partial charge in [0.15, 0.2) is 0 Å². The fraction of sp³-hybridized carbons (Fsp3) is 0.111. The number of benzene rings is 2. The van der Waals surface area contributed by atoms with Gasteiger partial charge in [0.05, 0.1) is 11.1 Å². The van der Waals surface area contributed by atoms with Crippen LogP contribution in [0.5, 0.6) is 0 Å². The average Bonchev–Trinajstić information content (AvgIpc) is 2.57. The number of nitrogens with one attached hydrogen (secondary N) is 1. The molecule has 1 aromatic heterocycles. The van der Waals surface area contributed by atoms with Crippen LogP contribution in [0.4, 0.5) is 18.9 Å². The Labute approximate surface area is 140 Å². The quantitative estimate of drug-likeness (QED) is 0.767. The maximum Gasteiger partial charge on any atom is 0.416 e. The van der Waals surface area contributed by atoms with Crippen LogP contribution in [0.3, 0.4) is 0 Å². The van der Waals surface area contributed by atoms with Crippen LogP contribution < -0.4 is 10.9 Å². The Hall–Kier alpha value is -3.09. The molecule has 1 heterocycles. The van der Waals surface area contributed by atoms with E-state index in [2.05, 4.69) is 5.32 Å². The molecule has 25 heavy (non-hydrogen) atoms. The van der Waals surface area contributed by atoms with Gasteiger partial charge >= 0.3 is 6.18 Å². The van der Waals surface area contributed by atoms with Crippen molar-refractivity contribution in [1.82, 2.24) is 4.57 Å². The van der Waals surface area contributed by atoms with E-state index in [0.717, 1.165) is 12.1 Å². The molecule has 0 bridgehead atoms. The maximum absolute atomic E-state index is 12.7. The lowest BCUT2D eigenvalue weighted by atomic mass is 10.1. The van der Waals surface area contributed by atoms with E-state index in [0.29, 0.717) is 10.9 Å². The topological polar surface area (TPSA) is 51.1 Å². The van der Waals surface area contributed by atoms with Crippen molar-refractivity contribution in [2.75, 3.05) is 5.32 Å². The number of fused-ring (bicyclic) bond motifs is 1. The van der Waals surface area contributed by atoms with Gasteiger partial charge in [-0.25, -0.2) is 0 Å². The summed E-state index contributed by atoms with van der Waals surface area (Å²) in [7, 11) is 1.62. The van der Waals surface area contributed by atoms with E-state index in [1.807, 2.05) is 0 Å². The van der Waals surface area contributed by atoms with Gasteiger partial charge < -0.3 is 9.88 Å². The molecule has 3 rings (SSSR count). The number of aromatic nitrogens is 1. The Bertz CT molecular complexity index is 1020. The number of nitrogens with zero attached hydrogens (tertiary/aromatic N) is 1. The van der Waals surface area contributed by atoms with E-state index in [1.165, 1.54) is 28.8 Å². The zero-order valence-electron chi connectivity index (χ0n) is 13.1. The van der Waals surface area contributed by atoms with Crippen LogP contribution in [0.2, 0.25) is 0 Å². The molecular formula is C18H13F3N2O2. The first-order valence-corrected chi connectivity index (χ1v) is 7.34. The first-order chi connectivity index (χ1) is 11.8. The zero-order chi connectivity index (χ0) is 18.2. The predicted molar refractivity (Wildman–Crippen MR) is 88.6 cm³/mol. The molecule has 0 unspecified atom stereocenters. The van der Waals surface area contributed by atoms with E-state index < -0.39 is 17.6 Å². The standard InChI is InChI=1S/C18H13F3N2O2/c1-23-15-7-5-12(9-11(15)6-8-16(23)24)17(25)22-14-4-2-3-13(10-14)18(19,20)21/h2-10H,1H3,(H,22,25). The van der Waals surface area contributed by atoms with Crippen LogP contribution in [-0.4, -0.2) is 10.5 Å². The molecule has 128 valence electrons. The Morgan fingerprint density at radius 3 is 2.52 bits per heavy atom. The summed E-state index contributed by atoms with van der Waals surface area (Å²) in [5.41, 5.74) is -0.0143. The number of rotatable bonds is 2. The molecule has 0 spiro atoms. The first-order valence-electron chi connectivity index (χ1n) is 7.34. The highest BCUT2D eigenvalue weighted by atomic mass is 19.4. The van der Waals surface area contributed by atoms with Gasteiger partial charge in [-0.05, 0) is 47.9 Å². The van der Waals surface area contributed by atoms with Crippen molar-refractivity contribution in [3.63, 3.8) is 0 Å². The van der Waals surface area contributed by atoms with E-state index in [4.69, 9.17) is 0 Å². The maximum atomic E-state index is 12.7. The predicted octanol–water partition coefficient (Wildman–Crippen LogP) is 3.81. The largest absolute Gasteiger partial charge is 0.416 e. The minimum atomic E-state index is -4.48. The zero-order valence-corrected chi connectivity index (χ0v) is 13.1. The Balaban J connectivity index is 1.90. The Morgan fingerprint density at radius 1 is 1.04 bits per heavy atom. The SMILES string of the molecule is Cn1c(=O)ccc2cc(C(=O)Nc3cccc(C(F)(F)F)c3)ccc21. The molecule has 0 saturated heterocycles. The average molecular weight is 346 g/mol. The van der Waals surface area contributed by atoms with Crippen molar-refractivity contribution in [3.8, 4) is 0 Å². The van der Waals surface area contributed by atoms with Crippen LogP contribution >= 0.6 is 0 Å². The second-order valence-electron chi connectivity index (χ2n) is 5.54. The van der Waals surface area contributed by atoms with Gasteiger partial charge in [-0.3, -0.25) is 9.59 Å². The minimum Gasteiger partial charge on any atom is -0.322 e. The number of aryl methyl sites for hydroxylation is 1.